The van der Waals surface area contributed by atoms with Crippen LogP contribution < -0.4 is 4.90 Å². The highest BCUT2D eigenvalue weighted by Gasteiger charge is 2.60. The molecule has 1 saturated carbocycles. The van der Waals surface area contributed by atoms with Crippen LogP contribution in [0.25, 0.3) is 0 Å². The fourth-order valence-electron chi connectivity index (χ4n) is 5.48. The number of imide groups is 1. The molecule has 4 fully saturated rings. The number of hydrogen-bond donors (Lipinski definition) is 1. The van der Waals surface area contributed by atoms with Gasteiger partial charge in [-0.2, -0.15) is 26.3 Å². The number of carbonyl (C=O) groups excluding carboxylic acids is 2. The first-order chi connectivity index (χ1) is 17.3. The normalized spacial score (nSPS) is 25.5. The van der Waals surface area contributed by atoms with E-state index in [1.54, 1.807) is 0 Å². The monoisotopic (exact) mass is 528 g/mol. The third-order valence-corrected chi connectivity index (χ3v) is 6.99. The van der Waals surface area contributed by atoms with E-state index in [1.807, 2.05) is 30.3 Å². The van der Waals surface area contributed by atoms with E-state index in [2.05, 4.69) is 4.90 Å². The minimum absolute atomic E-state index is 0.0169. The van der Waals surface area contributed by atoms with Gasteiger partial charge in [0.15, 0.2) is 0 Å². The van der Waals surface area contributed by atoms with Gasteiger partial charge in [0.2, 0.25) is 11.8 Å². The van der Waals surface area contributed by atoms with Crippen LogP contribution in [0.5, 0.6) is 0 Å². The number of carboxylic acids is 1. The van der Waals surface area contributed by atoms with E-state index in [-0.39, 0.29) is 29.5 Å². The van der Waals surface area contributed by atoms with Crippen molar-refractivity contribution in [2.75, 3.05) is 11.4 Å². The predicted octanol–water partition coefficient (Wildman–Crippen LogP) is 4.74. The summed E-state index contributed by atoms with van der Waals surface area (Å²) in [6.07, 6.45) is -7.92. The number of nitrogens with zero attached hydrogens (tertiary/aromatic N) is 2. The fraction of sp³-hybridized carbons (Fsp3) is 0.400. The van der Waals surface area contributed by atoms with Crippen LogP contribution >= 0.6 is 0 Å². The van der Waals surface area contributed by atoms with E-state index < -0.39 is 35.7 Å². The minimum Gasteiger partial charge on any atom is -0.475 e. The largest absolute Gasteiger partial charge is 0.490 e. The lowest BCUT2D eigenvalue weighted by atomic mass is 9.66. The highest BCUT2D eigenvalue weighted by Crippen LogP contribution is 2.50. The summed E-state index contributed by atoms with van der Waals surface area (Å²) in [7, 11) is 0. The molecular weight excluding hydrogens is 506 g/mol. The van der Waals surface area contributed by atoms with Gasteiger partial charge >= 0.3 is 18.3 Å². The van der Waals surface area contributed by atoms with Crippen molar-refractivity contribution in [3.63, 3.8) is 0 Å². The molecule has 4 aliphatic rings. The van der Waals surface area contributed by atoms with Crippen LogP contribution in [-0.2, 0) is 27.1 Å². The van der Waals surface area contributed by atoms with Gasteiger partial charge in [-0.15, -0.1) is 0 Å². The minimum atomic E-state index is -5.08. The lowest BCUT2D eigenvalue weighted by Gasteiger charge is -2.50. The van der Waals surface area contributed by atoms with Crippen molar-refractivity contribution < 1.29 is 45.8 Å². The summed E-state index contributed by atoms with van der Waals surface area (Å²) in [6, 6.07) is 14.4. The molecule has 4 atom stereocenters. The Labute approximate surface area is 207 Å². The molecule has 0 spiro atoms. The van der Waals surface area contributed by atoms with E-state index in [9.17, 15) is 35.9 Å². The number of carboxylic acid groups (broad SMARTS) is 1. The Morgan fingerprint density at radius 3 is 2.11 bits per heavy atom. The standard InChI is InChI=1S/C23H21F3N2O2.C2HF3O2/c24-23(25,26)16-7-4-8-17(11-16)28-21(29)19-15-9-10-18(20(19)22(28)30)27(13-15)12-14-5-2-1-3-6-14;3-2(4,5)1(6)7/h1-8,11,15,18-20H,9-10,12-13H2;(H,6,7)/t15-,18?,19+,20-;/m0./s1. The summed E-state index contributed by atoms with van der Waals surface area (Å²) in [4.78, 5) is 38.6. The molecule has 3 aliphatic heterocycles. The SMILES string of the molecule is O=C(O)C(F)(F)F.O=C1[C@@H]2[C@H]3CCC([C@@H]2C(=O)N1c1cccc(C(F)(F)F)c1)N(Cc1ccccc1)C3. The quantitative estimate of drug-likeness (QED) is 0.460. The van der Waals surface area contributed by atoms with Crippen molar-refractivity contribution in [2.45, 2.75) is 37.8 Å². The smallest absolute Gasteiger partial charge is 0.475 e. The van der Waals surface area contributed by atoms with Crippen LogP contribution in [0.4, 0.5) is 32.0 Å². The van der Waals surface area contributed by atoms with Gasteiger partial charge in [-0.25, -0.2) is 9.69 Å². The first-order valence-corrected chi connectivity index (χ1v) is 11.4. The molecule has 1 aliphatic carbocycles. The number of halogens is 6. The van der Waals surface area contributed by atoms with Crippen LogP contribution in [0.1, 0.15) is 24.0 Å². The maximum Gasteiger partial charge on any atom is 0.490 e. The van der Waals surface area contributed by atoms with Gasteiger partial charge in [-0.1, -0.05) is 36.4 Å². The number of piperidine rings is 2. The molecule has 1 N–H and O–H groups in total. The van der Waals surface area contributed by atoms with Crippen molar-refractivity contribution in [2.24, 2.45) is 17.8 Å². The molecule has 0 radical (unpaired) electrons. The summed E-state index contributed by atoms with van der Waals surface area (Å²) in [5.74, 6) is -4.33. The van der Waals surface area contributed by atoms with Crippen molar-refractivity contribution in [3.05, 3.63) is 65.7 Å². The second-order valence-corrected chi connectivity index (χ2v) is 9.23. The highest BCUT2D eigenvalue weighted by atomic mass is 19.4. The second kappa shape index (κ2) is 9.81. The fourth-order valence-corrected chi connectivity index (χ4v) is 5.48. The topological polar surface area (TPSA) is 77.9 Å². The van der Waals surface area contributed by atoms with E-state index in [0.717, 1.165) is 42.0 Å². The Bertz CT molecular complexity index is 1180. The number of hydrogen-bond acceptors (Lipinski definition) is 4. The average molecular weight is 528 g/mol. The summed E-state index contributed by atoms with van der Waals surface area (Å²) < 4.78 is 71.2. The lowest BCUT2D eigenvalue weighted by molar-refractivity contribution is -0.192. The van der Waals surface area contributed by atoms with Crippen LogP contribution in [0.2, 0.25) is 0 Å². The molecule has 6 rings (SSSR count). The van der Waals surface area contributed by atoms with Crippen molar-refractivity contribution in [3.8, 4) is 0 Å². The molecule has 2 aromatic rings. The third-order valence-electron chi connectivity index (χ3n) is 6.99. The number of fused-ring (bicyclic) bond motifs is 2. The summed E-state index contributed by atoms with van der Waals surface area (Å²) >= 11 is 0. The molecule has 1 unspecified atom stereocenters. The number of aliphatic carboxylic acids is 1. The molecule has 0 aromatic heterocycles. The van der Waals surface area contributed by atoms with Crippen LogP contribution in [0.15, 0.2) is 54.6 Å². The molecule has 2 aromatic carbocycles. The molecule has 3 heterocycles. The van der Waals surface area contributed by atoms with E-state index >= 15 is 0 Å². The first-order valence-electron chi connectivity index (χ1n) is 11.4. The number of carbonyl (C=O) groups is 3. The average Bonchev–Trinajstić information content (AvgIpc) is 3.11. The Morgan fingerprint density at radius 2 is 1.51 bits per heavy atom. The van der Waals surface area contributed by atoms with Gasteiger partial charge in [0.25, 0.3) is 0 Å². The van der Waals surface area contributed by atoms with Crippen LogP contribution in [0, 0.1) is 17.8 Å². The Kier molecular flexibility index (Phi) is 7.06. The van der Waals surface area contributed by atoms with Gasteiger partial charge < -0.3 is 5.11 Å². The van der Waals surface area contributed by atoms with Gasteiger partial charge in [0.1, 0.15) is 0 Å². The summed E-state index contributed by atoms with van der Waals surface area (Å²) in [5.41, 5.74) is 0.306. The van der Waals surface area contributed by atoms with Gasteiger partial charge in [0.05, 0.1) is 23.1 Å². The number of alkyl halides is 6. The second-order valence-electron chi connectivity index (χ2n) is 9.23. The molecular formula is C25H22F6N2O4. The van der Waals surface area contributed by atoms with Crippen molar-refractivity contribution in [1.82, 2.24) is 4.90 Å². The molecule has 3 saturated heterocycles. The Morgan fingerprint density at radius 1 is 0.892 bits per heavy atom. The number of rotatable bonds is 3. The van der Waals surface area contributed by atoms with E-state index in [1.165, 1.54) is 12.1 Å². The maximum absolute atomic E-state index is 13.3. The zero-order valence-electron chi connectivity index (χ0n) is 19.2. The summed E-state index contributed by atoms with van der Waals surface area (Å²) in [6.45, 7) is 1.44. The lowest BCUT2D eigenvalue weighted by Crippen LogP contribution is -2.58. The molecule has 37 heavy (non-hydrogen) atoms. The Hall–Kier alpha value is -3.41. The summed E-state index contributed by atoms with van der Waals surface area (Å²) in [5, 5.41) is 7.12. The Balaban J connectivity index is 0.000000405. The van der Waals surface area contributed by atoms with E-state index in [4.69, 9.17) is 9.90 Å². The molecule has 198 valence electrons. The zero-order chi connectivity index (χ0) is 27.1. The third kappa shape index (κ3) is 5.34. The highest BCUT2D eigenvalue weighted by molar-refractivity contribution is 6.22. The number of amides is 2. The van der Waals surface area contributed by atoms with Gasteiger partial charge in [0, 0.05) is 19.1 Å². The number of benzene rings is 2. The first kappa shape index (κ1) is 26.6. The molecule has 2 bridgehead atoms. The van der Waals surface area contributed by atoms with Crippen LogP contribution in [-0.4, -0.2) is 46.6 Å². The van der Waals surface area contributed by atoms with E-state index in [0.29, 0.717) is 6.54 Å². The van der Waals surface area contributed by atoms with Gasteiger partial charge in [-0.3, -0.25) is 14.5 Å². The van der Waals surface area contributed by atoms with Gasteiger partial charge in [-0.05, 0) is 42.5 Å². The molecule has 2 amide bonds. The predicted molar refractivity (Wildman–Crippen MR) is 118 cm³/mol. The van der Waals surface area contributed by atoms with Crippen molar-refractivity contribution >= 4 is 23.5 Å². The van der Waals surface area contributed by atoms with Crippen molar-refractivity contribution in [1.29, 1.82) is 0 Å². The maximum atomic E-state index is 13.3. The molecule has 12 heteroatoms. The van der Waals surface area contributed by atoms with Crippen LogP contribution in [0.3, 0.4) is 0 Å². The zero-order valence-corrected chi connectivity index (χ0v) is 19.2. The molecule has 6 nitrogen and oxygen atoms in total. The number of anilines is 1.